The lowest BCUT2D eigenvalue weighted by molar-refractivity contribution is -0.137. The highest BCUT2D eigenvalue weighted by Crippen LogP contribution is 2.32. The summed E-state index contributed by atoms with van der Waals surface area (Å²) in [4.78, 5) is 25.4. The monoisotopic (exact) mass is 452 g/mol. The minimum atomic E-state index is -4.47. The first-order valence-corrected chi connectivity index (χ1v) is 10.4. The fraction of sp³-hybridized carbons (Fsp3) is 0.409. The molecule has 0 bridgehead atoms. The lowest BCUT2D eigenvalue weighted by Gasteiger charge is -2.35. The molecule has 9 heteroatoms. The van der Waals surface area contributed by atoms with Crippen LogP contribution in [0.25, 0.3) is 6.08 Å². The molecule has 0 N–H and O–H groups in total. The third-order valence-corrected chi connectivity index (χ3v) is 5.36. The van der Waals surface area contributed by atoms with Crippen molar-refractivity contribution in [1.82, 2.24) is 14.9 Å². The first kappa shape index (κ1) is 23.1. The largest absolute Gasteiger partial charge is 0.416 e. The second kappa shape index (κ2) is 9.26. The highest BCUT2D eigenvalue weighted by Gasteiger charge is 2.30. The highest BCUT2D eigenvalue weighted by atomic mass is 35.5. The fourth-order valence-corrected chi connectivity index (χ4v) is 3.45. The van der Waals surface area contributed by atoms with Gasteiger partial charge in [-0.3, -0.25) is 4.79 Å². The molecule has 1 saturated heterocycles. The number of alkyl halides is 3. The van der Waals surface area contributed by atoms with E-state index in [-0.39, 0.29) is 22.4 Å². The number of hydrogen-bond donors (Lipinski definition) is 0. The Morgan fingerprint density at radius 3 is 2.42 bits per heavy atom. The lowest BCUT2D eigenvalue weighted by Crippen LogP contribution is -2.48. The Bertz CT molecular complexity index is 983. The Morgan fingerprint density at radius 1 is 1.13 bits per heavy atom. The summed E-state index contributed by atoms with van der Waals surface area (Å²) in [5.41, 5.74) is 0.243. The van der Waals surface area contributed by atoms with Crippen LogP contribution in [0.3, 0.4) is 0 Å². The molecule has 31 heavy (non-hydrogen) atoms. The average Bonchev–Trinajstić information content (AvgIpc) is 2.71. The number of piperazine rings is 1. The van der Waals surface area contributed by atoms with Crippen molar-refractivity contribution in [3.63, 3.8) is 0 Å². The number of amides is 1. The van der Waals surface area contributed by atoms with E-state index in [1.807, 2.05) is 26.8 Å². The summed E-state index contributed by atoms with van der Waals surface area (Å²) >= 11 is 5.99. The number of anilines is 1. The zero-order valence-electron chi connectivity index (χ0n) is 17.6. The molecule has 0 aliphatic carbocycles. The van der Waals surface area contributed by atoms with Crippen LogP contribution in [0.5, 0.6) is 0 Å². The molecule has 0 atom stereocenters. The quantitative estimate of drug-likeness (QED) is 0.616. The van der Waals surface area contributed by atoms with Crippen LogP contribution in [-0.2, 0) is 11.0 Å². The van der Waals surface area contributed by atoms with Gasteiger partial charge in [-0.25, -0.2) is 9.97 Å². The lowest BCUT2D eigenvalue weighted by atomic mass is 10.1. The standard InChI is InChI=1S/C22H24ClF3N4O/c1-14(2)21-27-15(3)12-19(28-21)29-8-10-30(11-9-29)20(31)7-4-16-13-17(22(24,25)26)5-6-18(16)23/h4-7,12-14H,8-11H2,1-3H3/b7-4+. The average molecular weight is 453 g/mol. The molecule has 1 aliphatic rings. The van der Waals surface area contributed by atoms with Gasteiger partial charge in [0.15, 0.2) is 0 Å². The summed E-state index contributed by atoms with van der Waals surface area (Å²) < 4.78 is 38.7. The maximum atomic E-state index is 12.9. The van der Waals surface area contributed by atoms with E-state index in [4.69, 9.17) is 11.6 Å². The van der Waals surface area contributed by atoms with Crippen molar-refractivity contribution in [1.29, 1.82) is 0 Å². The Kier molecular flexibility index (Phi) is 6.89. The second-order valence-corrected chi connectivity index (χ2v) is 8.17. The van der Waals surface area contributed by atoms with Gasteiger partial charge in [0, 0.05) is 55.0 Å². The minimum absolute atomic E-state index is 0.154. The number of rotatable bonds is 4. The number of nitrogens with zero attached hydrogens (tertiary/aromatic N) is 4. The van der Waals surface area contributed by atoms with Crippen LogP contribution < -0.4 is 4.90 Å². The third-order valence-electron chi connectivity index (χ3n) is 5.02. The fourth-order valence-electron chi connectivity index (χ4n) is 3.26. The Morgan fingerprint density at radius 2 is 1.81 bits per heavy atom. The number of carbonyl (C=O) groups is 1. The van der Waals surface area contributed by atoms with E-state index in [0.29, 0.717) is 26.2 Å². The maximum Gasteiger partial charge on any atom is 0.416 e. The van der Waals surface area contributed by atoms with Gasteiger partial charge in [-0.2, -0.15) is 13.2 Å². The molecule has 1 amide bonds. The first-order valence-electron chi connectivity index (χ1n) is 9.99. The summed E-state index contributed by atoms with van der Waals surface area (Å²) in [6.07, 6.45) is -1.87. The van der Waals surface area contributed by atoms with Crippen LogP contribution in [-0.4, -0.2) is 47.0 Å². The molecule has 0 spiro atoms. The SMILES string of the molecule is Cc1cc(N2CCN(C(=O)/C=C/c3cc(C(F)(F)F)ccc3Cl)CC2)nc(C(C)C)n1. The van der Waals surface area contributed by atoms with Crippen molar-refractivity contribution in [2.45, 2.75) is 32.9 Å². The van der Waals surface area contributed by atoms with Crippen LogP contribution in [0, 0.1) is 6.92 Å². The van der Waals surface area contributed by atoms with Crippen molar-refractivity contribution in [2.75, 3.05) is 31.1 Å². The molecule has 1 fully saturated rings. The third kappa shape index (κ3) is 5.76. The zero-order valence-corrected chi connectivity index (χ0v) is 18.3. The predicted molar refractivity (Wildman–Crippen MR) is 115 cm³/mol. The van der Waals surface area contributed by atoms with Crippen LogP contribution in [0.4, 0.5) is 19.0 Å². The number of hydrogen-bond acceptors (Lipinski definition) is 4. The number of carbonyl (C=O) groups excluding carboxylic acids is 1. The van der Waals surface area contributed by atoms with Crippen molar-refractivity contribution in [3.05, 3.63) is 58.0 Å². The molecule has 0 saturated carbocycles. The molecule has 1 aromatic carbocycles. The molecule has 0 unspecified atom stereocenters. The Hall–Kier alpha value is -2.61. The molecular weight excluding hydrogens is 429 g/mol. The van der Waals surface area contributed by atoms with Gasteiger partial charge in [0.1, 0.15) is 11.6 Å². The molecule has 0 radical (unpaired) electrons. The molecule has 3 rings (SSSR count). The molecule has 166 valence electrons. The van der Waals surface area contributed by atoms with Gasteiger partial charge < -0.3 is 9.80 Å². The van der Waals surface area contributed by atoms with Crippen LogP contribution in [0.1, 0.15) is 42.4 Å². The summed E-state index contributed by atoms with van der Waals surface area (Å²) in [5.74, 6) is 1.58. The van der Waals surface area contributed by atoms with Gasteiger partial charge in [-0.05, 0) is 36.8 Å². The van der Waals surface area contributed by atoms with Crippen molar-refractivity contribution < 1.29 is 18.0 Å². The van der Waals surface area contributed by atoms with E-state index in [0.717, 1.165) is 29.5 Å². The van der Waals surface area contributed by atoms with E-state index in [1.54, 1.807) is 4.90 Å². The summed E-state index contributed by atoms with van der Waals surface area (Å²) in [5, 5.41) is 0.155. The molecule has 1 aromatic heterocycles. The summed E-state index contributed by atoms with van der Waals surface area (Å²) in [6.45, 7) is 8.20. The molecule has 2 heterocycles. The van der Waals surface area contributed by atoms with Gasteiger partial charge in [0.25, 0.3) is 0 Å². The predicted octanol–water partition coefficient (Wildman–Crippen LogP) is 4.94. The molecular formula is C22H24ClF3N4O. The molecule has 5 nitrogen and oxygen atoms in total. The number of aryl methyl sites for hydroxylation is 1. The van der Waals surface area contributed by atoms with Gasteiger partial charge in [0.2, 0.25) is 5.91 Å². The van der Waals surface area contributed by atoms with Gasteiger partial charge in [-0.15, -0.1) is 0 Å². The summed E-state index contributed by atoms with van der Waals surface area (Å²) in [6, 6.07) is 4.97. The number of halogens is 4. The van der Waals surface area contributed by atoms with Crippen molar-refractivity contribution >= 4 is 29.4 Å². The number of aromatic nitrogens is 2. The normalized spacial score (nSPS) is 15.2. The smallest absolute Gasteiger partial charge is 0.353 e. The zero-order chi connectivity index (χ0) is 22.8. The van der Waals surface area contributed by atoms with Gasteiger partial charge in [-0.1, -0.05) is 25.4 Å². The van der Waals surface area contributed by atoms with Crippen LogP contribution in [0.2, 0.25) is 5.02 Å². The first-order chi connectivity index (χ1) is 14.5. The van der Waals surface area contributed by atoms with Crippen LogP contribution in [0.15, 0.2) is 30.3 Å². The topological polar surface area (TPSA) is 49.3 Å². The van der Waals surface area contributed by atoms with E-state index >= 15 is 0 Å². The highest BCUT2D eigenvalue weighted by molar-refractivity contribution is 6.32. The van der Waals surface area contributed by atoms with Crippen LogP contribution >= 0.6 is 11.6 Å². The van der Waals surface area contributed by atoms with Gasteiger partial charge in [0.05, 0.1) is 5.56 Å². The van der Waals surface area contributed by atoms with E-state index in [9.17, 15) is 18.0 Å². The minimum Gasteiger partial charge on any atom is -0.353 e. The van der Waals surface area contributed by atoms with E-state index in [1.165, 1.54) is 18.2 Å². The number of benzene rings is 1. The molecule has 1 aliphatic heterocycles. The van der Waals surface area contributed by atoms with E-state index in [2.05, 4.69) is 14.9 Å². The maximum absolute atomic E-state index is 12.9. The molecule has 2 aromatic rings. The van der Waals surface area contributed by atoms with E-state index < -0.39 is 11.7 Å². The Labute approximate surface area is 184 Å². The second-order valence-electron chi connectivity index (χ2n) is 7.76. The van der Waals surface area contributed by atoms with Crippen molar-refractivity contribution in [2.24, 2.45) is 0 Å². The van der Waals surface area contributed by atoms with Crippen molar-refractivity contribution in [3.8, 4) is 0 Å². The summed E-state index contributed by atoms with van der Waals surface area (Å²) in [7, 11) is 0. The van der Waals surface area contributed by atoms with Gasteiger partial charge >= 0.3 is 6.18 Å². The Balaban J connectivity index is 1.65.